The Morgan fingerprint density at radius 1 is 1.35 bits per heavy atom. The number of halogens is 1. The van der Waals surface area contributed by atoms with Crippen molar-refractivity contribution in [3.8, 4) is 17.0 Å². The normalized spacial score (nSPS) is 10.9. The second-order valence-corrected chi connectivity index (χ2v) is 5.29. The topological polar surface area (TPSA) is 85.5 Å². The van der Waals surface area contributed by atoms with Crippen molar-refractivity contribution in [3.05, 3.63) is 40.7 Å². The lowest BCUT2D eigenvalue weighted by molar-refractivity contribution is 0.0516. The summed E-state index contributed by atoms with van der Waals surface area (Å²) in [6.07, 6.45) is 0. The highest BCUT2D eigenvalue weighted by molar-refractivity contribution is 6.30. The number of carbonyl (C=O) groups is 1. The minimum absolute atomic E-state index is 0.157. The van der Waals surface area contributed by atoms with E-state index < -0.39 is 5.97 Å². The molecule has 0 bridgehead atoms. The molecule has 0 radical (unpaired) electrons. The quantitative estimate of drug-likeness (QED) is 0.735. The van der Waals surface area contributed by atoms with Crippen LogP contribution >= 0.6 is 11.6 Å². The van der Waals surface area contributed by atoms with E-state index in [-0.39, 0.29) is 18.1 Å². The fourth-order valence-corrected chi connectivity index (χ4v) is 2.42. The average molecular weight is 333 g/mol. The lowest BCUT2D eigenvalue weighted by Gasteiger charge is -2.06. The Labute approximate surface area is 136 Å². The molecule has 0 aliphatic heterocycles. The summed E-state index contributed by atoms with van der Waals surface area (Å²) in [4.78, 5) is 16.0. The standard InChI is InChI=1S/C16H13ClN2O4/c1-3-22-16(21)13-14(20)11-12(9-4-6-10(17)7-5-9)19-23-15(11)8(2)18-13/h4-7,20H,3H2,1-2H3. The summed E-state index contributed by atoms with van der Waals surface area (Å²) in [6, 6.07) is 6.90. The fraction of sp³-hybridized carbons (Fsp3) is 0.188. The highest BCUT2D eigenvalue weighted by Gasteiger charge is 2.24. The molecule has 3 rings (SSSR count). The van der Waals surface area contributed by atoms with Gasteiger partial charge in [-0.2, -0.15) is 0 Å². The Morgan fingerprint density at radius 2 is 2.04 bits per heavy atom. The third-order valence-corrected chi connectivity index (χ3v) is 3.60. The van der Waals surface area contributed by atoms with Crippen molar-refractivity contribution in [3.63, 3.8) is 0 Å². The van der Waals surface area contributed by atoms with Gasteiger partial charge in [0.25, 0.3) is 0 Å². The van der Waals surface area contributed by atoms with Gasteiger partial charge in [-0.3, -0.25) is 0 Å². The van der Waals surface area contributed by atoms with Crippen molar-refractivity contribution < 1.29 is 19.2 Å². The molecule has 2 heterocycles. The van der Waals surface area contributed by atoms with Gasteiger partial charge in [-0.1, -0.05) is 28.9 Å². The Bertz CT molecular complexity index is 887. The van der Waals surface area contributed by atoms with Gasteiger partial charge in [-0.25, -0.2) is 9.78 Å². The first kappa shape index (κ1) is 15.3. The molecule has 0 unspecified atom stereocenters. The number of ether oxygens (including phenoxy) is 1. The molecule has 7 heteroatoms. The summed E-state index contributed by atoms with van der Waals surface area (Å²) in [5, 5.41) is 15.4. The lowest BCUT2D eigenvalue weighted by Crippen LogP contribution is -2.08. The van der Waals surface area contributed by atoms with E-state index in [2.05, 4.69) is 10.1 Å². The Kier molecular flexibility index (Phi) is 3.92. The second kappa shape index (κ2) is 5.89. The molecule has 1 aromatic carbocycles. The fourth-order valence-electron chi connectivity index (χ4n) is 2.29. The zero-order valence-electron chi connectivity index (χ0n) is 12.5. The maximum absolute atomic E-state index is 12.0. The number of rotatable bonds is 3. The van der Waals surface area contributed by atoms with Crippen LogP contribution < -0.4 is 0 Å². The van der Waals surface area contributed by atoms with Crippen LogP contribution in [0.5, 0.6) is 5.75 Å². The summed E-state index contributed by atoms with van der Waals surface area (Å²) in [5.74, 6) is -1.01. The van der Waals surface area contributed by atoms with Gasteiger partial charge in [0.1, 0.15) is 5.69 Å². The number of pyridine rings is 1. The molecule has 1 N–H and O–H groups in total. The van der Waals surface area contributed by atoms with Crippen molar-refractivity contribution in [2.45, 2.75) is 13.8 Å². The van der Waals surface area contributed by atoms with Crippen molar-refractivity contribution in [2.24, 2.45) is 0 Å². The number of nitrogens with zero attached hydrogens (tertiary/aromatic N) is 2. The minimum Gasteiger partial charge on any atom is -0.505 e. The van der Waals surface area contributed by atoms with Crippen LogP contribution in [-0.2, 0) is 4.74 Å². The third kappa shape index (κ3) is 2.61. The number of carbonyl (C=O) groups excluding carboxylic acids is 1. The summed E-state index contributed by atoms with van der Waals surface area (Å²) in [7, 11) is 0. The molecule has 0 saturated heterocycles. The molecular formula is C16H13ClN2O4. The zero-order valence-corrected chi connectivity index (χ0v) is 13.2. The molecule has 0 saturated carbocycles. The highest BCUT2D eigenvalue weighted by Crippen LogP contribution is 2.37. The maximum Gasteiger partial charge on any atom is 0.360 e. The van der Waals surface area contributed by atoms with Crippen LogP contribution in [0.15, 0.2) is 28.8 Å². The van der Waals surface area contributed by atoms with E-state index in [0.717, 1.165) is 0 Å². The number of aromatic hydroxyl groups is 1. The van der Waals surface area contributed by atoms with Crippen molar-refractivity contribution in [2.75, 3.05) is 6.61 Å². The largest absolute Gasteiger partial charge is 0.505 e. The first-order valence-electron chi connectivity index (χ1n) is 6.95. The SMILES string of the molecule is CCOC(=O)c1nc(C)c2onc(-c3ccc(Cl)cc3)c2c1O. The molecule has 6 nitrogen and oxygen atoms in total. The van der Waals surface area contributed by atoms with Gasteiger partial charge >= 0.3 is 5.97 Å². The molecule has 0 aliphatic carbocycles. The Balaban J connectivity index is 2.25. The molecular weight excluding hydrogens is 320 g/mol. The smallest absolute Gasteiger partial charge is 0.360 e. The van der Waals surface area contributed by atoms with Crippen LogP contribution in [0.3, 0.4) is 0 Å². The first-order valence-corrected chi connectivity index (χ1v) is 7.32. The monoisotopic (exact) mass is 332 g/mol. The number of aromatic nitrogens is 2. The van der Waals surface area contributed by atoms with Gasteiger partial charge in [0, 0.05) is 10.6 Å². The third-order valence-electron chi connectivity index (χ3n) is 3.35. The molecule has 0 atom stereocenters. The van der Waals surface area contributed by atoms with E-state index in [4.69, 9.17) is 20.9 Å². The maximum atomic E-state index is 12.0. The van der Waals surface area contributed by atoms with E-state index in [0.29, 0.717) is 32.9 Å². The Morgan fingerprint density at radius 3 is 2.70 bits per heavy atom. The highest BCUT2D eigenvalue weighted by atomic mass is 35.5. The zero-order chi connectivity index (χ0) is 16.6. The lowest BCUT2D eigenvalue weighted by atomic mass is 10.1. The van der Waals surface area contributed by atoms with Crippen LogP contribution in [0.25, 0.3) is 22.2 Å². The summed E-state index contributed by atoms with van der Waals surface area (Å²) in [6.45, 7) is 3.53. The van der Waals surface area contributed by atoms with Crippen LogP contribution in [-0.4, -0.2) is 27.8 Å². The number of esters is 1. The van der Waals surface area contributed by atoms with E-state index in [9.17, 15) is 9.90 Å². The number of fused-ring (bicyclic) bond motifs is 1. The summed E-state index contributed by atoms with van der Waals surface area (Å²) >= 11 is 5.88. The number of benzene rings is 1. The van der Waals surface area contributed by atoms with Crippen molar-refractivity contribution in [1.82, 2.24) is 10.1 Å². The van der Waals surface area contributed by atoms with Gasteiger partial charge in [-0.15, -0.1) is 0 Å². The summed E-state index contributed by atoms with van der Waals surface area (Å²) in [5.41, 5.74) is 1.71. The molecule has 0 spiro atoms. The summed E-state index contributed by atoms with van der Waals surface area (Å²) < 4.78 is 10.2. The first-order chi connectivity index (χ1) is 11.0. The van der Waals surface area contributed by atoms with E-state index >= 15 is 0 Å². The van der Waals surface area contributed by atoms with Crippen LogP contribution in [0.4, 0.5) is 0 Å². The Hall–Kier alpha value is -2.60. The van der Waals surface area contributed by atoms with Gasteiger partial charge in [0.05, 0.1) is 17.7 Å². The predicted octanol–water partition coefficient (Wildman–Crippen LogP) is 3.73. The van der Waals surface area contributed by atoms with Crippen molar-refractivity contribution >= 4 is 28.5 Å². The van der Waals surface area contributed by atoms with Gasteiger partial charge in [-0.05, 0) is 26.0 Å². The van der Waals surface area contributed by atoms with Crippen LogP contribution in [0.2, 0.25) is 5.02 Å². The van der Waals surface area contributed by atoms with Gasteiger partial charge in [0.2, 0.25) is 0 Å². The molecule has 0 amide bonds. The minimum atomic E-state index is -0.696. The van der Waals surface area contributed by atoms with Crippen molar-refractivity contribution in [1.29, 1.82) is 0 Å². The number of hydrogen-bond acceptors (Lipinski definition) is 6. The second-order valence-electron chi connectivity index (χ2n) is 4.86. The molecule has 0 aliphatic rings. The van der Waals surface area contributed by atoms with Gasteiger partial charge in [0.15, 0.2) is 17.0 Å². The van der Waals surface area contributed by atoms with Gasteiger partial charge < -0.3 is 14.4 Å². The van der Waals surface area contributed by atoms with Crippen LogP contribution in [0, 0.1) is 6.92 Å². The molecule has 23 heavy (non-hydrogen) atoms. The molecule has 2 aromatic heterocycles. The van der Waals surface area contributed by atoms with E-state index in [1.807, 2.05) is 0 Å². The van der Waals surface area contributed by atoms with E-state index in [1.54, 1.807) is 38.1 Å². The average Bonchev–Trinajstić information content (AvgIpc) is 2.97. The van der Waals surface area contributed by atoms with E-state index in [1.165, 1.54) is 0 Å². The number of aryl methyl sites for hydroxylation is 1. The predicted molar refractivity (Wildman–Crippen MR) is 84.6 cm³/mol. The number of hydrogen-bond donors (Lipinski definition) is 1. The molecule has 3 aromatic rings. The van der Waals surface area contributed by atoms with Crippen LogP contribution in [0.1, 0.15) is 23.1 Å². The molecule has 0 fully saturated rings. The molecule has 118 valence electrons.